The summed E-state index contributed by atoms with van der Waals surface area (Å²) in [7, 11) is 2.72. The first-order chi connectivity index (χ1) is 4.97. The SMILES string of the molecule is c1cpc2pcccc2c1. The lowest BCUT2D eigenvalue weighted by atomic mass is 10.4. The summed E-state index contributed by atoms with van der Waals surface area (Å²) in [5, 5.41) is 1.40. The van der Waals surface area contributed by atoms with Gasteiger partial charge in [0, 0.05) is 4.85 Å². The average molecular weight is 164 g/mol. The number of rotatable bonds is 0. The van der Waals surface area contributed by atoms with Crippen molar-refractivity contribution < 1.29 is 0 Å². The monoisotopic (exact) mass is 164 g/mol. The van der Waals surface area contributed by atoms with Crippen molar-refractivity contribution in [3.8, 4) is 0 Å². The van der Waals surface area contributed by atoms with Crippen LogP contribution in [0.25, 0.3) is 10.2 Å². The van der Waals surface area contributed by atoms with E-state index in [1.54, 1.807) is 0 Å². The Balaban J connectivity index is 2.89. The van der Waals surface area contributed by atoms with E-state index >= 15 is 0 Å². The molecule has 0 bridgehead atoms. The summed E-state index contributed by atoms with van der Waals surface area (Å²) in [5.41, 5.74) is 0. The maximum Gasteiger partial charge on any atom is 0.0363 e. The lowest BCUT2D eigenvalue weighted by molar-refractivity contribution is 1.93. The van der Waals surface area contributed by atoms with Crippen molar-refractivity contribution in [1.82, 2.24) is 0 Å². The third-order valence-electron chi connectivity index (χ3n) is 1.38. The Morgan fingerprint density at radius 2 is 1.50 bits per heavy atom. The Morgan fingerprint density at radius 3 is 2.00 bits per heavy atom. The second-order valence-corrected chi connectivity index (χ2v) is 4.41. The van der Waals surface area contributed by atoms with E-state index in [0.29, 0.717) is 0 Å². The van der Waals surface area contributed by atoms with Crippen molar-refractivity contribution in [1.29, 1.82) is 0 Å². The molecule has 0 radical (unpaired) electrons. The van der Waals surface area contributed by atoms with Gasteiger partial charge in [0.25, 0.3) is 0 Å². The van der Waals surface area contributed by atoms with Crippen molar-refractivity contribution in [2.45, 2.75) is 0 Å². The molecular formula is C8H6P2. The minimum absolute atomic E-state index is 1.36. The molecule has 2 aromatic heterocycles. The molecule has 0 saturated carbocycles. The molecular weight excluding hydrogens is 158 g/mol. The van der Waals surface area contributed by atoms with E-state index < -0.39 is 0 Å². The van der Waals surface area contributed by atoms with Crippen molar-refractivity contribution in [3.63, 3.8) is 0 Å². The van der Waals surface area contributed by atoms with E-state index in [-0.39, 0.29) is 0 Å². The quantitative estimate of drug-likeness (QED) is 0.552. The van der Waals surface area contributed by atoms with Crippen LogP contribution in [0.5, 0.6) is 0 Å². The van der Waals surface area contributed by atoms with E-state index in [9.17, 15) is 0 Å². The molecule has 2 heteroatoms. The van der Waals surface area contributed by atoms with E-state index in [0.717, 1.165) is 0 Å². The highest BCUT2D eigenvalue weighted by Gasteiger charge is 1.86. The second kappa shape index (κ2) is 2.66. The maximum absolute atomic E-state index is 2.18. The minimum atomic E-state index is 1.36. The van der Waals surface area contributed by atoms with Crippen LogP contribution < -0.4 is 0 Å². The van der Waals surface area contributed by atoms with Gasteiger partial charge in [-0.15, -0.1) is 0 Å². The van der Waals surface area contributed by atoms with Crippen molar-refractivity contribution in [3.05, 3.63) is 35.9 Å². The molecule has 0 atom stereocenters. The summed E-state index contributed by atoms with van der Waals surface area (Å²) in [5.74, 6) is 4.36. The highest BCUT2D eigenvalue weighted by atomic mass is 31.1. The van der Waals surface area contributed by atoms with Crippen LogP contribution in [-0.4, -0.2) is 0 Å². The van der Waals surface area contributed by atoms with Crippen LogP contribution in [0.3, 0.4) is 0 Å². The molecule has 0 spiro atoms. The standard InChI is InChI=1S/C8H6P2/c1-3-7-4-2-6-10-8(7)9-5-1/h1-6H. The predicted molar refractivity (Wildman–Crippen MR) is 49.0 cm³/mol. The molecule has 0 unspecified atom stereocenters. The molecule has 0 saturated heterocycles. The zero-order valence-electron chi connectivity index (χ0n) is 5.36. The van der Waals surface area contributed by atoms with Gasteiger partial charge in [0.2, 0.25) is 0 Å². The first kappa shape index (κ1) is 6.28. The van der Waals surface area contributed by atoms with Gasteiger partial charge < -0.3 is 0 Å². The molecule has 10 heavy (non-hydrogen) atoms. The minimum Gasteiger partial charge on any atom is -0.0628 e. The van der Waals surface area contributed by atoms with Crippen LogP contribution in [0.4, 0.5) is 0 Å². The van der Waals surface area contributed by atoms with Crippen molar-refractivity contribution in [2.24, 2.45) is 0 Å². The van der Waals surface area contributed by atoms with Gasteiger partial charge in [-0.1, -0.05) is 40.7 Å². The third kappa shape index (κ3) is 1.06. The van der Waals surface area contributed by atoms with Crippen LogP contribution in [0, 0.1) is 0 Å². The van der Waals surface area contributed by atoms with E-state index in [1.807, 2.05) is 0 Å². The molecule has 0 N–H and O–H groups in total. The largest absolute Gasteiger partial charge is 0.0628 e. The Morgan fingerprint density at radius 1 is 0.900 bits per heavy atom. The topological polar surface area (TPSA) is 0 Å². The average Bonchev–Trinajstić information content (AvgIpc) is 2.05. The van der Waals surface area contributed by atoms with Gasteiger partial charge in [-0.3, -0.25) is 0 Å². The fourth-order valence-corrected chi connectivity index (χ4v) is 2.80. The number of hydrogen-bond donors (Lipinski definition) is 0. The van der Waals surface area contributed by atoms with Gasteiger partial charge in [0.15, 0.2) is 0 Å². The zero-order chi connectivity index (χ0) is 6.81. The van der Waals surface area contributed by atoms with Crippen LogP contribution in [0.1, 0.15) is 0 Å². The number of fused-ring (bicyclic) bond motifs is 1. The first-order valence-corrected chi connectivity index (χ1v) is 5.05. The molecule has 0 aromatic carbocycles. The molecule has 0 aliphatic rings. The smallest absolute Gasteiger partial charge is 0.0363 e. The fraction of sp³-hybridized carbons (Fsp3) is 0. The molecule has 2 aromatic rings. The van der Waals surface area contributed by atoms with Crippen LogP contribution in [-0.2, 0) is 0 Å². The van der Waals surface area contributed by atoms with E-state index in [2.05, 4.69) is 35.9 Å². The van der Waals surface area contributed by atoms with Crippen LogP contribution >= 0.6 is 16.4 Å². The van der Waals surface area contributed by atoms with E-state index in [4.69, 9.17) is 0 Å². The molecule has 0 aliphatic carbocycles. The molecule has 2 rings (SSSR count). The summed E-state index contributed by atoms with van der Waals surface area (Å²) in [6.45, 7) is 0. The third-order valence-corrected chi connectivity index (χ3v) is 3.72. The predicted octanol–water partition coefficient (Wildman–Crippen LogP) is 4.00. The molecule has 0 fully saturated rings. The van der Waals surface area contributed by atoms with Crippen molar-refractivity contribution >= 4 is 26.6 Å². The molecule has 0 nitrogen and oxygen atoms in total. The Hall–Kier alpha value is -0.440. The van der Waals surface area contributed by atoms with Gasteiger partial charge in [0.1, 0.15) is 0 Å². The van der Waals surface area contributed by atoms with E-state index in [1.165, 1.54) is 26.6 Å². The Bertz CT molecular complexity index is 278. The lowest BCUT2D eigenvalue weighted by Gasteiger charge is -1.90. The van der Waals surface area contributed by atoms with Gasteiger partial charge in [-0.2, -0.15) is 0 Å². The summed E-state index contributed by atoms with van der Waals surface area (Å²) in [6, 6.07) is 8.57. The second-order valence-electron chi connectivity index (χ2n) is 2.05. The van der Waals surface area contributed by atoms with Gasteiger partial charge in [-0.05, 0) is 17.0 Å². The normalized spacial score (nSPS) is 11.6. The number of hydrogen-bond acceptors (Lipinski definition) is 0. The molecule has 0 aliphatic heterocycles. The van der Waals surface area contributed by atoms with Crippen LogP contribution in [0.15, 0.2) is 35.9 Å². The highest BCUT2D eigenvalue weighted by Crippen LogP contribution is 2.28. The van der Waals surface area contributed by atoms with Gasteiger partial charge in [0.05, 0.1) is 0 Å². The molecule has 48 valence electrons. The molecule has 0 amide bonds. The van der Waals surface area contributed by atoms with Gasteiger partial charge >= 0.3 is 0 Å². The van der Waals surface area contributed by atoms with Gasteiger partial charge in [-0.25, -0.2) is 0 Å². The molecule has 2 heterocycles. The Kier molecular flexibility index (Phi) is 1.67. The first-order valence-electron chi connectivity index (χ1n) is 3.12. The van der Waals surface area contributed by atoms with Crippen LogP contribution in [0.2, 0.25) is 0 Å². The fourth-order valence-electron chi connectivity index (χ4n) is 0.908. The summed E-state index contributed by atoms with van der Waals surface area (Å²) in [6.07, 6.45) is 0. The maximum atomic E-state index is 2.18. The zero-order valence-corrected chi connectivity index (χ0v) is 7.15. The summed E-state index contributed by atoms with van der Waals surface area (Å²) in [4.78, 5) is 1.50. The summed E-state index contributed by atoms with van der Waals surface area (Å²) >= 11 is 0. The Labute approximate surface area is 63.1 Å². The lowest BCUT2D eigenvalue weighted by Crippen LogP contribution is -1.57. The highest BCUT2D eigenvalue weighted by molar-refractivity contribution is 7.54. The van der Waals surface area contributed by atoms with Crippen molar-refractivity contribution in [2.75, 3.05) is 0 Å². The summed E-state index contributed by atoms with van der Waals surface area (Å²) < 4.78 is 0.